The van der Waals surface area contributed by atoms with Crippen LogP contribution >= 0.6 is 0 Å². The largest absolute Gasteiger partial charge is 0.293 e. The number of nitrogens with one attached hydrogen (secondary N) is 2. The van der Waals surface area contributed by atoms with Gasteiger partial charge in [-0.2, -0.15) is 0 Å². The number of aromatic nitrogens is 1. The smallest absolute Gasteiger partial charge is 0.129 e. The van der Waals surface area contributed by atoms with Crippen LogP contribution in [-0.4, -0.2) is 10.9 Å². The minimum absolute atomic E-state index is 0.326. The van der Waals surface area contributed by atoms with Gasteiger partial charge in [-0.05, 0) is 12.1 Å². The summed E-state index contributed by atoms with van der Waals surface area (Å²) in [4.78, 5) is 0. The first-order valence-electron chi connectivity index (χ1n) is 5.57. The van der Waals surface area contributed by atoms with Crippen molar-refractivity contribution in [3.05, 3.63) is 29.9 Å². The van der Waals surface area contributed by atoms with Crippen molar-refractivity contribution in [1.82, 2.24) is 4.57 Å². The van der Waals surface area contributed by atoms with Crippen LogP contribution in [0, 0.1) is 10.8 Å². The van der Waals surface area contributed by atoms with E-state index in [1.165, 1.54) is 43.1 Å². The van der Waals surface area contributed by atoms with E-state index >= 15 is 0 Å². The molecule has 1 aromatic rings. The summed E-state index contributed by atoms with van der Waals surface area (Å²) in [5.41, 5.74) is 0.326. The highest BCUT2D eigenvalue weighted by molar-refractivity contribution is 5.53. The molecule has 82 valence electrons. The second kappa shape index (κ2) is 6.98. The van der Waals surface area contributed by atoms with Gasteiger partial charge in [0.2, 0.25) is 0 Å². The minimum atomic E-state index is 0.326. The van der Waals surface area contributed by atoms with Gasteiger partial charge in [0.1, 0.15) is 5.49 Å². The van der Waals surface area contributed by atoms with E-state index in [1.807, 2.05) is 0 Å². The van der Waals surface area contributed by atoms with Crippen molar-refractivity contribution in [2.45, 2.75) is 38.5 Å². The second-order valence-electron chi connectivity index (χ2n) is 3.74. The molecule has 3 heteroatoms. The summed E-state index contributed by atoms with van der Waals surface area (Å²) in [6, 6.07) is 5.18. The molecule has 2 N–H and O–H groups in total. The molecule has 0 aromatic carbocycles. The zero-order valence-electron chi connectivity index (χ0n) is 9.08. The summed E-state index contributed by atoms with van der Waals surface area (Å²) in [5.74, 6) is 0. The SMILES string of the molecule is C1CCCCC1.N=Cn1ccccc1=N. The summed E-state index contributed by atoms with van der Waals surface area (Å²) in [5, 5.41) is 14.0. The van der Waals surface area contributed by atoms with Gasteiger partial charge in [-0.1, -0.05) is 44.6 Å². The van der Waals surface area contributed by atoms with Crippen LogP contribution in [0.15, 0.2) is 24.4 Å². The summed E-state index contributed by atoms with van der Waals surface area (Å²) >= 11 is 0. The van der Waals surface area contributed by atoms with Crippen molar-refractivity contribution >= 4 is 6.34 Å². The van der Waals surface area contributed by atoms with Crippen molar-refractivity contribution in [3.63, 3.8) is 0 Å². The van der Waals surface area contributed by atoms with Crippen LogP contribution in [0.2, 0.25) is 0 Å². The van der Waals surface area contributed by atoms with Crippen LogP contribution in [0.25, 0.3) is 0 Å². The van der Waals surface area contributed by atoms with E-state index in [4.69, 9.17) is 10.8 Å². The first-order chi connectivity index (χ1) is 7.34. The standard InChI is InChI=1S/C6H7N3.C6H12/c7-5-9-4-2-1-3-6(9)8;1-2-4-6-5-3-1/h1-5,7-8H;1-6H2. The first kappa shape index (κ1) is 11.7. The van der Waals surface area contributed by atoms with E-state index in [1.54, 1.807) is 24.4 Å². The van der Waals surface area contributed by atoms with Crippen LogP contribution in [0.1, 0.15) is 38.5 Å². The number of hydrogen-bond acceptors (Lipinski definition) is 2. The molecule has 1 aliphatic carbocycles. The fraction of sp³-hybridized carbons (Fsp3) is 0.500. The molecule has 0 bridgehead atoms. The third kappa shape index (κ3) is 4.58. The Morgan fingerprint density at radius 2 is 1.53 bits per heavy atom. The molecule has 1 fully saturated rings. The molecular formula is C12H19N3. The Morgan fingerprint density at radius 3 is 1.87 bits per heavy atom. The molecule has 0 atom stereocenters. The van der Waals surface area contributed by atoms with E-state index in [-0.39, 0.29) is 0 Å². The van der Waals surface area contributed by atoms with Crippen LogP contribution < -0.4 is 5.49 Å². The maximum absolute atomic E-state index is 7.18. The Kier molecular flexibility index (Phi) is 5.44. The van der Waals surface area contributed by atoms with E-state index < -0.39 is 0 Å². The third-order valence-electron chi connectivity index (χ3n) is 2.53. The van der Waals surface area contributed by atoms with Crippen molar-refractivity contribution in [2.24, 2.45) is 0 Å². The van der Waals surface area contributed by atoms with Gasteiger partial charge in [0, 0.05) is 6.20 Å². The average molecular weight is 205 g/mol. The summed E-state index contributed by atoms with van der Waals surface area (Å²) in [6.45, 7) is 0. The van der Waals surface area contributed by atoms with E-state index in [2.05, 4.69) is 0 Å². The van der Waals surface area contributed by atoms with Crippen LogP contribution in [-0.2, 0) is 0 Å². The summed E-state index contributed by atoms with van der Waals surface area (Å²) in [6.07, 6.45) is 11.8. The Bertz CT molecular complexity index is 325. The monoisotopic (exact) mass is 205 g/mol. The number of nitrogens with zero attached hydrogens (tertiary/aromatic N) is 1. The molecule has 0 amide bonds. The van der Waals surface area contributed by atoms with Gasteiger partial charge < -0.3 is 0 Å². The zero-order valence-corrected chi connectivity index (χ0v) is 9.08. The lowest BCUT2D eigenvalue weighted by molar-refractivity contribution is 0.504. The van der Waals surface area contributed by atoms with Gasteiger partial charge in [0.25, 0.3) is 0 Å². The molecule has 1 aliphatic rings. The van der Waals surface area contributed by atoms with Gasteiger partial charge in [-0.3, -0.25) is 15.4 Å². The fourth-order valence-corrected chi connectivity index (χ4v) is 1.63. The Hall–Kier alpha value is -1.38. The lowest BCUT2D eigenvalue weighted by atomic mass is 10.0. The molecule has 2 rings (SSSR count). The van der Waals surface area contributed by atoms with Gasteiger partial charge in [0.05, 0.1) is 6.34 Å². The van der Waals surface area contributed by atoms with Crippen molar-refractivity contribution < 1.29 is 0 Å². The normalized spacial score (nSPS) is 14.9. The topological polar surface area (TPSA) is 52.6 Å². The van der Waals surface area contributed by atoms with E-state index in [0.29, 0.717) is 5.49 Å². The summed E-state index contributed by atoms with van der Waals surface area (Å²) in [7, 11) is 0. The molecular weight excluding hydrogens is 186 g/mol. The highest BCUT2D eigenvalue weighted by Crippen LogP contribution is 2.15. The molecule has 1 aromatic heterocycles. The zero-order chi connectivity index (χ0) is 10.9. The van der Waals surface area contributed by atoms with Gasteiger partial charge in [-0.25, -0.2) is 0 Å². The first-order valence-corrected chi connectivity index (χ1v) is 5.57. The highest BCUT2D eigenvalue weighted by atomic mass is 15.0. The molecule has 15 heavy (non-hydrogen) atoms. The highest BCUT2D eigenvalue weighted by Gasteiger charge is 1.95. The van der Waals surface area contributed by atoms with Crippen LogP contribution in [0.5, 0.6) is 0 Å². The Morgan fingerprint density at radius 1 is 1.00 bits per heavy atom. The lowest BCUT2D eigenvalue weighted by Crippen LogP contribution is -2.16. The Balaban J connectivity index is 0.000000162. The van der Waals surface area contributed by atoms with Gasteiger partial charge in [-0.15, -0.1) is 0 Å². The second-order valence-corrected chi connectivity index (χ2v) is 3.74. The van der Waals surface area contributed by atoms with Crippen molar-refractivity contribution in [2.75, 3.05) is 0 Å². The van der Waals surface area contributed by atoms with Crippen molar-refractivity contribution in [1.29, 1.82) is 10.8 Å². The molecule has 0 unspecified atom stereocenters. The van der Waals surface area contributed by atoms with Gasteiger partial charge >= 0.3 is 0 Å². The molecule has 1 heterocycles. The molecule has 1 saturated carbocycles. The maximum atomic E-state index is 7.18. The van der Waals surface area contributed by atoms with Crippen molar-refractivity contribution in [3.8, 4) is 0 Å². The Labute approximate surface area is 90.8 Å². The fourth-order valence-electron chi connectivity index (χ4n) is 1.63. The third-order valence-corrected chi connectivity index (χ3v) is 2.53. The summed E-state index contributed by atoms with van der Waals surface area (Å²) < 4.78 is 1.42. The predicted molar refractivity (Wildman–Crippen MR) is 62.2 cm³/mol. The molecule has 0 aliphatic heterocycles. The maximum Gasteiger partial charge on any atom is 0.129 e. The molecule has 0 radical (unpaired) electrons. The molecule has 3 nitrogen and oxygen atoms in total. The predicted octanol–water partition coefficient (Wildman–Crippen LogP) is 2.76. The van der Waals surface area contributed by atoms with E-state index in [0.717, 1.165) is 6.34 Å². The van der Waals surface area contributed by atoms with E-state index in [9.17, 15) is 0 Å². The van der Waals surface area contributed by atoms with Crippen LogP contribution in [0.4, 0.5) is 0 Å². The molecule has 0 saturated heterocycles. The number of pyridine rings is 1. The number of rotatable bonds is 1. The quantitative estimate of drug-likeness (QED) is 0.523. The lowest BCUT2D eigenvalue weighted by Gasteiger charge is -2.05. The molecule has 0 spiro atoms. The van der Waals surface area contributed by atoms with Crippen LogP contribution in [0.3, 0.4) is 0 Å². The van der Waals surface area contributed by atoms with Gasteiger partial charge in [0.15, 0.2) is 0 Å². The minimum Gasteiger partial charge on any atom is -0.293 e. The average Bonchev–Trinajstić information content (AvgIpc) is 2.33. The number of hydrogen-bond donors (Lipinski definition) is 2.